The fraction of sp³-hybridized carbons (Fsp3) is 0.857. The van der Waals surface area contributed by atoms with Crippen LogP contribution in [0.25, 0.3) is 0 Å². The molecule has 0 aromatic carbocycles. The third-order valence-corrected chi connectivity index (χ3v) is 1.49. The monoisotopic (exact) mass is 128 g/mol. The molecule has 0 N–H and O–H groups in total. The Balaban J connectivity index is 2.43. The van der Waals surface area contributed by atoms with Crippen molar-refractivity contribution in [2.75, 3.05) is 0 Å². The maximum absolute atomic E-state index is 10.8. The Kier molecular flexibility index (Phi) is 1.86. The highest BCUT2D eigenvalue weighted by Gasteiger charge is 2.20. The van der Waals surface area contributed by atoms with E-state index in [1.54, 1.807) is 0 Å². The van der Waals surface area contributed by atoms with Gasteiger partial charge in [0.25, 0.3) is 0 Å². The number of carbonyl (C=O) groups excluding carboxylic acids is 1. The first-order valence-corrected chi connectivity index (χ1v) is 3.35. The van der Waals surface area contributed by atoms with Gasteiger partial charge in [-0.05, 0) is 13.8 Å². The molecule has 1 rings (SSSR count). The number of hydrogen-bond donors (Lipinski definition) is 0. The third-order valence-electron chi connectivity index (χ3n) is 1.49. The summed E-state index contributed by atoms with van der Waals surface area (Å²) in [7, 11) is 0. The zero-order valence-electron chi connectivity index (χ0n) is 5.89. The van der Waals surface area contributed by atoms with Gasteiger partial charge in [0.1, 0.15) is 5.78 Å². The molecule has 0 saturated carbocycles. The van der Waals surface area contributed by atoms with Gasteiger partial charge in [0.05, 0.1) is 12.2 Å². The van der Waals surface area contributed by atoms with Crippen molar-refractivity contribution >= 4 is 5.78 Å². The molecular weight excluding hydrogens is 116 g/mol. The first-order chi connectivity index (χ1) is 4.18. The van der Waals surface area contributed by atoms with E-state index in [9.17, 15) is 4.79 Å². The molecule has 52 valence electrons. The number of carbonyl (C=O) groups is 1. The summed E-state index contributed by atoms with van der Waals surface area (Å²) < 4.78 is 5.34. The summed E-state index contributed by atoms with van der Waals surface area (Å²) >= 11 is 0. The lowest BCUT2D eigenvalue weighted by atomic mass is 10.1. The Bertz CT molecular complexity index is 108. The van der Waals surface area contributed by atoms with Crippen LogP contribution < -0.4 is 0 Å². The number of ketones is 1. The predicted molar refractivity (Wildman–Crippen MR) is 34.2 cm³/mol. The van der Waals surface area contributed by atoms with Crippen molar-refractivity contribution in [3.8, 4) is 0 Å². The van der Waals surface area contributed by atoms with E-state index in [1.807, 2.05) is 13.8 Å². The lowest BCUT2D eigenvalue weighted by Gasteiger charge is -2.23. The first-order valence-electron chi connectivity index (χ1n) is 3.35. The molecule has 2 heteroatoms. The van der Waals surface area contributed by atoms with Gasteiger partial charge in [0.15, 0.2) is 0 Å². The van der Waals surface area contributed by atoms with Gasteiger partial charge >= 0.3 is 0 Å². The van der Waals surface area contributed by atoms with E-state index >= 15 is 0 Å². The van der Waals surface area contributed by atoms with Crippen LogP contribution in [-0.2, 0) is 9.53 Å². The molecular formula is C7H12O2. The largest absolute Gasteiger partial charge is 0.375 e. The highest BCUT2D eigenvalue weighted by atomic mass is 16.5. The molecule has 0 unspecified atom stereocenters. The van der Waals surface area contributed by atoms with Crippen LogP contribution in [0.2, 0.25) is 0 Å². The predicted octanol–water partition coefficient (Wildman–Crippen LogP) is 1.14. The lowest BCUT2D eigenvalue weighted by Crippen LogP contribution is -2.28. The molecule has 0 bridgehead atoms. The molecule has 0 aromatic heterocycles. The van der Waals surface area contributed by atoms with Crippen molar-refractivity contribution in [2.24, 2.45) is 0 Å². The summed E-state index contributed by atoms with van der Waals surface area (Å²) in [4.78, 5) is 10.8. The van der Waals surface area contributed by atoms with Gasteiger partial charge in [-0.15, -0.1) is 0 Å². The highest BCUT2D eigenvalue weighted by molar-refractivity contribution is 5.79. The van der Waals surface area contributed by atoms with Crippen LogP contribution in [0.4, 0.5) is 0 Å². The van der Waals surface area contributed by atoms with Gasteiger partial charge in [-0.2, -0.15) is 0 Å². The summed E-state index contributed by atoms with van der Waals surface area (Å²) in [6.07, 6.45) is 1.48. The standard InChI is InChI=1S/C7H12O2/c1-5-3-7(8)4-6(2)9-5/h5-6H,3-4H2,1-2H3/t5-,6-/m0/s1. The summed E-state index contributed by atoms with van der Waals surface area (Å²) in [6, 6.07) is 0. The Morgan fingerprint density at radius 3 is 2.11 bits per heavy atom. The van der Waals surface area contributed by atoms with Crippen LogP contribution in [0, 0.1) is 0 Å². The molecule has 2 atom stereocenters. The normalized spacial score (nSPS) is 36.9. The van der Waals surface area contributed by atoms with E-state index in [0.29, 0.717) is 18.6 Å². The van der Waals surface area contributed by atoms with Gasteiger partial charge in [-0.3, -0.25) is 4.79 Å². The van der Waals surface area contributed by atoms with Crippen molar-refractivity contribution in [1.29, 1.82) is 0 Å². The smallest absolute Gasteiger partial charge is 0.138 e. The van der Waals surface area contributed by atoms with Crippen LogP contribution in [0.1, 0.15) is 26.7 Å². The fourth-order valence-corrected chi connectivity index (χ4v) is 1.22. The molecule has 1 fully saturated rings. The summed E-state index contributed by atoms with van der Waals surface area (Å²) in [5.41, 5.74) is 0. The summed E-state index contributed by atoms with van der Waals surface area (Å²) in [5, 5.41) is 0. The molecule has 2 nitrogen and oxygen atoms in total. The van der Waals surface area contributed by atoms with Crippen molar-refractivity contribution < 1.29 is 9.53 Å². The third kappa shape index (κ3) is 1.79. The highest BCUT2D eigenvalue weighted by Crippen LogP contribution is 2.14. The van der Waals surface area contributed by atoms with E-state index < -0.39 is 0 Å². The number of Topliss-reactive ketones (excluding diaryl/α,β-unsaturated/α-hetero) is 1. The van der Waals surface area contributed by atoms with E-state index in [1.165, 1.54) is 0 Å². The molecule has 0 aromatic rings. The molecule has 1 aliphatic heterocycles. The number of hydrogen-bond acceptors (Lipinski definition) is 2. The minimum Gasteiger partial charge on any atom is -0.375 e. The Morgan fingerprint density at radius 2 is 1.78 bits per heavy atom. The average Bonchev–Trinajstić information content (AvgIpc) is 1.59. The van der Waals surface area contributed by atoms with Crippen LogP contribution in [0.15, 0.2) is 0 Å². The van der Waals surface area contributed by atoms with Gasteiger partial charge in [0, 0.05) is 12.8 Å². The second kappa shape index (κ2) is 2.48. The SMILES string of the molecule is C[C@H]1CC(=O)C[C@H](C)O1. The Hall–Kier alpha value is -0.370. The molecule has 0 spiro atoms. The zero-order chi connectivity index (χ0) is 6.85. The molecule has 0 amide bonds. The Morgan fingerprint density at radius 1 is 1.33 bits per heavy atom. The summed E-state index contributed by atoms with van der Waals surface area (Å²) in [5.74, 6) is 0.334. The van der Waals surface area contributed by atoms with Gasteiger partial charge < -0.3 is 4.74 Å². The Labute approximate surface area is 55.2 Å². The maximum atomic E-state index is 10.8. The van der Waals surface area contributed by atoms with Crippen LogP contribution >= 0.6 is 0 Å². The second-order valence-corrected chi connectivity index (χ2v) is 2.70. The maximum Gasteiger partial charge on any atom is 0.138 e. The first kappa shape index (κ1) is 6.75. The number of ether oxygens (including phenoxy) is 1. The van der Waals surface area contributed by atoms with Crippen molar-refractivity contribution in [2.45, 2.75) is 38.9 Å². The van der Waals surface area contributed by atoms with Crippen LogP contribution in [0.3, 0.4) is 0 Å². The van der Waals surface area contributed by atoms with E-state index in [-0.39, 0.29) is 12.2 Å². The molecule has 1 saturated heterocycles. The van der Waals surface area contributed by atoms with Gasteiger partial charge in [0.2, 0.25) is 0 Å². The molecule has 1 heterocycles. The van der Waals surface area contributed by atoms with Gasteiger partial charge in [-0.25, -0.2) is 0 Å². The van der Waals surface area contributed by atoms with Crippen molar-refractivity contribution in [3.63, 3.8) is 0 Å². The molecule has 1 aliphatic rings. The van der Waals surface area contributed by atoms with Crippen molar-refractivity contribution in [3.05, 3.63) is 0 Å². The fourth-order valence-electron chi connectivity index (χ4n) is 1.22. The number of rotatable bonds is 0. The van der Waals surface area contributed by atoms with E-state index in [4.69, 9.17) is 4.74 Å². The zero-order valence-corrected chi connectivity index (χ0v) is 5.89. The quantitative estimate of drug-likeness (QED) is 0.489. The summed E-state index contributed by atoms with van der Waals surface area (Å²) in [6.45, 7) is 3.88. The lowest BCUT2D eigenvalue weighted by molar-refractivity contribution is -0.132. The van der Waals surface area contributed by atoms with E-state index in [0.717, 1.165) is 0 Å². The second-order valence-electron chi connectivity index (χ2n) is 2.70. The minimum atomic E-state index is 0.140. The van der Waals surface area contributed by atoms with Crippen LogP contribution in [-0.4, -0.2) is 18.0 Å². The molecule has 0 aliphatic carbocycles. The van der Waals surface area contributed by atoms with Crippen molar-refractivity contribution in [1.82, 2.24) is 0 Å². The average molecular weight is 128 g/mol. The van der Waals surface area contributed by atoms with Crippen LogP contribution in [0.5, 0.6) is 0 Å². The van der Waals surface area contributed by atoms with Gasteiger partial charge in [-0.1, -0.05) is 0 Å². The van der Waals surface area contributed by atoms with E-state index in [2.05, 4.69) is 0 Å². The molecule has 9 heavy (non-hydrogen) atoms. The minimum absolute atomic E-state index is 0.140. The molecule has 0 radical (unpaired) electrons. The topological polar surface area (TPSA) is 26.3 Å².